The van der Waals surface area contributed by atoms with Gasteiger partial charge in [-0.15, -0.1) is 0 Å². The number of hydrogen-bond donors (Lipinski definition) is 1. The van der Waals surface area contributed by atoms with E-state index in [0.29, 0.717) is 6.04 Å². The van der Waals surface area contributed by atoms with Gasteiger partial charge in [0.15, 0.2) is 0 Å². The standard InChI is InChI=1S/C13H24ClN3/c1-9(2)6-7-11(15-4)8-12-13(14)10(3)16-17(12)5/h9,11,15H,6-8H2,1-5H3. The molecule has 0 aromatic carbocycles. The van der Waals surface area contributed by atoms with Gasteiger partial charge in [0.05, 0.1) is 16.4 Å². The largest absolute Gasteiger partial charge is 0.317 e. The van der Waals surface area contributed by atoms with Gasteiger partial charge in [-0.05, 0) is 32.7 Å². The van der Waals surface area contributed by atoms with Crippen LogP contribution in [0.15, 0.2) is 0 Å². The quantitative estimate of drug-likeness (QED) is 0.849. The molecule has 0 radical (unpaired) electrons. The Morgan fingerprint density at radius 3 is 2.41 bits per heavy atom. The van der Waals surface area contributed by atoms with Crippen LogP contribution < -0.4 is 5.32 Å². The number of nitrogens with one attached hydrogen (secondary N) is 1. The lowest BCUT2D eigenvalue weighted by Crippen LogP contribution is -2.29. The molecule has 0 saturated carbocycles. The van der Waals surface area contributed by atoms with E-state index >= 15 is 0 Å². The van der Waals surface area contributed by atoms with Crippen molar-refractivity contribution in [2.24, 2.45) is 13.0 Å². The molecular formula is C13H24ClN3. The zero-order valence-corrected chi connectivity index (χ0v) is 12.3. The van der Waals surface area contributed by atoms with Gasteiger partial charge in [0.25, 0.3) is 0 Å². The van der Waals surface area contributed by atoms with Crippen molar-refractivity contribution >= 4 is 11.6 Å². The molecule has 0 fully saturated rings. The minimum atomic E-state index is 0.477. The lowest BCUT2D eigenvalue weighted by molar-refractivity contribution is 0.443. The fourth-order valence-electron chi connectivity index (χ4n) is 2.02. The molecule has 0 bridgehead atoms. The number of nitrogens with zero attached hydrogens (tertiary/aromatic N) is 2. The molecule has 1 aromatic rings. The Hall–Kier alpha value is -0.540. The van der Waals surface area contributed by atoms with Crippen LogP contribution in [-0.4, -0.2) is 22.9 Å². The number of halogens is 1. The van der Waals surface area contributed by atoms with Crippen molar-refractivity contribution in [3.63, 3.8) is 0 Å². The number of hydrogen-bond acceptors (Lipinski definition) is 2. The summed E-state index contributed by atoms with van der Waals surface area (Å²) in [6.07, 6.45) is 3.36. The summed E-state index contributed by atoms with van der Waals surface area (Å²) in [5.41, 5.74) is 2.05. The Morgan fingerprint density at radius 1 is 1.35 bits per heavy atom. The average molecular weight is 258 g/mol. The Kier molecular flexibility index (Phi) is 5.47. The minimum Gasteiger partial charge on any atom is -0.317 e. The summed E-state index contributed by atoms with van der Waals surface area (Å²) in [5, 5.41) is 8.54. The van der Waals surface area contributed by atoms with Crippen LogP contribution in [0.3, 0.4) is 0 Å². The first-order valence-electron chi connectivity index (χ1n) is 6.31. The number of likely N-dealkylation sites (N-methyl/N-ethyl adjacent to an activating group) is 1. The van der Waals surface area contributed by atoms with E-state index in [-0.39, 0.29) is 0 Å². The zero-order chi connectivity index (χ0) is 13.0. The van der Waals surface area contributed by atoms with Gasteiger partial charge in [0.1, 0.15) is 0 Å². The molecule has 1 aromatic heterocycles. The Morgan fingerprint density at radius 2 is 2.00 bits per heavy atom. The molecule has 0 aliphatic heterocycles. The predicted octanol–water partition coefficient (Wildman–Crippen LogP) is 2.95. The van der Waals surface area contributed by atoms with Gasteiger partial charge in [-0.3, -0.25) is 4.68 Å². The highest BCUT2D eigenvalue weighted by Gasteiger charge is 2.16. The average Bonchev–Trinajstić information content (AvgIpc) is 2.49. The third-order valence-corrected chi connectivity index (χ3v) is 3.69. The SMILES string of the molecule is CNC(CCC(C)C)Cc1c(Cl)c(C)nn1C. The van der Waals surface area contributed by atoms with Crippen molar-refractivity contribution in [1.82, 2.24) is 15.1 Å². The summed E-state index contributed by atoms with van der Waals surface area (Å²) in [6.45, 7) is 6.47. The van der Waals surface area contributed by atoms with Gasteiger partial charge in [-0.2, -0.15) is 5.10 Å². The molecular weight excluding hydrogens is 234 g/mol. The van der Waals surface area contributed by atoms with Crippen LogP contribution in [0.2, 0.25) is 5.02 Å². The molecule has 4 heteroatoms. The van der Waals surface area contributed by atoms with E-state index in [9.17, 15) is 0 Å². The van der Waals surface area contributed by atoms with E-state index in [2.05, 4.69) is 24.3 Å². The monoisotopic (exact) mass is 257 g/mol. The predicted molar refractivity (Wildman–Crippen MR) is 73.6 cm³/mol. The number of aryl methyl sites for hydroxylation is 2. The lowest BCUT2D eigenvalue weighted by atomic mass is 10.00. The molecule has 0 aliphatic rings. The summed E-state index contributed by atoms with van der Waals surface area (Å²) in [7, 11) is 3.98. The number of aromatic nitrogens is 2. The first kappa shape index (κ1) is 14.5. The maximum Gasteiger partial charge on any atom is 0.0847 e. The molecule has 3 nitrogen and oxygen atoms in total. The fraction of sp³-hybridized carbons (Fsp3) is 0.769. The second-order valence-electron chi connectivity index (χ2n) is 5.13. The molecule has 0 amide bonds. The van der Waals surface area contributed by atoms with Crippen LogP contribution in [0.25, 0.3) is 0 Å². The minimum absolute atomic E-state index is 0.477. The van der Waals surface area contributed by atoms with Crippen molar-refractivity contribution < 1.29 is 0 Å². The van der Waals surface area contributed by atoms with Gasteiger partial charge in [0, 0.05) is 19.5 Å². The maximum absolute atomic E-state index is 6.27. The van der Waals surface area contributed by atoms with E-state index in [4.69, 9.17) is 11.6 Å². The van der Waals surface area contributed by atoms with E-state index in [1.54, 1.807) is 0 Å². The van der Waals surface area contributed by atoms with Crippen molar-refractivity contribution in [3.05, 3.63) is 16.4 Å². The smallest absolute Gasteiger partial charge is 0.0847 e. The van der Waals surface area contributed by atoms with Crippen molar-refractivity contribution in [1.29, 1.82) is 0 Å². The van der Waals surface area contributed by atoms with Crippen molar-refractivity contribution in [2.75, 3.05) is 7.05 Å². The highest BCUT2D eigenvalue weighted by atomic mass is 35.5. The van der Waals surface area contributed by atoms with E-state index in [1.807, 2.05) is 25.7 Å². The molecule has 17 heavy (non-hydrogen) atoms. The highest BCUT2D eigenvalue weighted by Crippen LogP contribution is 2.22. The summed E-state index contributed by atoms with van der Waals surface area (Å²) in [5.74, 6) is 0.745. The van der Waals surface area contributed by atoms with Gasteiger partial charge < -0.3 is 5.32 Å². The topological polar surface area (TPSA) is 29.9 Å². The van der Waals surface area contributed by atoms with E-state index in [0.717, 1.165) is 28.7 Å². The van der Waals surface area contributed by atoms with Crippen LogP contribution in [0, 0.1) is 12.8 Å². The van der Waals surface area contributed by atoms with Crippen molar-refractivity contribution in [3.8, 4) is 0 Å². The van der Waals surface area contributed by atoms with Crippen LogP contribution in [0.5, 0.6) is 0 Å². The summed E-state index contributed by atoms with van der Waals surface area (Å²) >= 11 is 6.27. The van der Waals surface area contributed by atoms with Gasteiger partial charge in [-0.25, -0.2) is 0 Å². The first-order valence-corrected chi connectivity index (χ1v) is 6.68. The molecule has 0 aliphatic carbocycles. The summed E-state index contributed by atoms with van der Waals surface area (Å²) in [4.78, 5) is 0. The number of rotatable bonds is 6. The molecule has 1 unspecified atom stereocenters. The molecule has 0 saturated heterocycles. The molecule has 1 N–H and O–H groups in total. The molecule has 1 heterocycles. The highest BCUT2D eigenvalue weighted by molar-refractivity contribution is 6.31. The first-order chi connectivity index (χ1) is 7.95. The Bertz CT molecular complexity index is 358. The van der Waals surface area contributed by atoms with Crippen molar-refractivity contribution in [2.45, 2.75) is 46.1 Å². The molecule has 1 rings (SSSR count). The Balaban J connectivity index is 2.67. The van der Waals surface area contributed by atoms with E-state index in [1.165, 1.54) is 12.8 Å². The fourth-order valence-corrected chi connectivity index (χ4v) is 2.26. The van der Waals surface area contributed by atoms with Gasteiger partial charge >= 0.3 is 0 Å². The molecule has 98 valence electrons. The molecule has 0 spiro atoms. The zero-order valence-electron chi connectivity index (χ0n) is 11.5. The third kappa shape index (κ3) is 4.00. The lowest BCUT2D eigenvalue weighted by Gasteiger charge is -2.17. The summed E-state index contributed by atoms with van der Waals surface area (Å²) < 4.78 is 1.90. The van der Waals surface area contributed by atoms with Crippen LogP contribution in [0.1, 0.15) is 38.1 Å². The third-order valence-electron chi connectivity index (χ3n) is 3.20. The molecule has 1 atom stereocenters. The van der Waals surface area contributed by atoms with Gasteiger partial charge in [0.2, 0.25) is 0 Å². The van der Waals surface area contributed by atoms with Crippen LogP contribution >= 0.6 is 11.6 Å². The normalized spacial score (nSPS) is 13.4. The maximum atomic E-state index is 6.27. The summed E-state index contributed by atoms with van der Waals surface area (Å²) in [6, 6.07) is 0.477. The van der Waals surface area contributed by atoms with Crippen LogP contribution in [-0.2, 0) is 13.5 Å². The van der Waals surface area contributed by atoms with E-state index < -0.39 is 0 Å². The second-order valence-corrected chi connectivity index (χ2v) is 5.51. The van der Waals surface area contributed by atoms with Crippen LogP contribution in [0.4, 0.5) is 0 Å². The second kappa shape index (κ2) is 6.41. The van der Waals surface area contributed by atoms with Gasteiger partial charge in [-0.1, -0.05) is 25.4 Å². The Labute approximate surface area is 110 Å².